The van der Waals surface area contributed by atoms with Gasteiger partial charge < -0.3 is 11.1 Å². The molecule has 0 aromatic rings. The zero-order valence-electron chi connectivity index (χ0n) is 6.77. The highest BCUT2D eigenvalue weighted by molar-refractivity contribution is 4.73. The number of piperidine rings is 1. The fourth-order valence-corrected chi connectivity index (χ4v) is 1.61. The first-order chi connectivity index (χ1) is 4.84. The first-order valence-corrected chi connectivity index (χ1v) is 4.25. The Morgan fingerprint density at radius 3 is 2.60 bits per heavy atom. The van der Waals surface area contributed by atoms with Crippen LogP contribution in [0.5, 0.6) is 0 Å². The molecule has 0 aliphatic carbocycles. The van der Waals surface area contributed by atoms with Gasteiger partial charge in [-0.1, -0.05) is 6.92 Å². The van der Waals surface area contributed by atoms with E-state index in [4.69, 9.17) is 5.73 Å². The van der Waals surface area contributed by atoms with E-state index in [2.05, 4.69) is 12.2 Å². The van der Waals surface area contributed by atoms with Gasteiger partial charge in [0.1, 0.15) is 0 Å². The van der Waals surface area contributed by atoms with Crippen LogP contribution < -0.4 is 11.1 Å². The van der Waals surface area contributed by atoms with Crippen LogP contribution in [0.4, 0.5) is 0 Å². The number of hydrogen-bond acceptors (Lipinski definition) is 2. The minimum atomic E-state index is 0.724. The number of rotatable bonds is 2. The van der Waals surface area contributed by atoms with E-state index >= 15 is 0 Å². The molecule has 1 rings (SSSR count). The molecule has 0 spiro atoms. The fraction of sp³-hybridized carbons (Fsp3) is 1.00. The lowest BCUT2D eigenvalue weighted by molar-refractivity contribution is 0.281. The normalized spacial score (nSPS) is 24.6. The maximum absolute atomic E-state index is 5.58. The molecule has 60 valence electrons. The zero-order valence-corrected chi connectivity index (χ0v) is 6.77. The molecule has 1 atom stereocenters. The van der Waals surface area contributed by atoms with E-state index in [1.165, 1.54) is 25.9 Å². The second-order valence-electron chi connectivity index (χ2n) is 3.30. The lowest BCUT2D eigenvalue weighted by atomic mass is 9.86. The van der Waals surface area contributed by atoms with Crippen molar-refractivity contribution in [2.45, 2.75) is 19.8 Å². The summed E-state index contributed by atoms with van der Waals surface area (Å²) in [6, 6.07) is 0. The lowest BCUT2D eigenvalue weighted by Gasteiger charge is -2.27. The lowest BCUT2D eigenvalue weighted by Crippen LogP contribution is -2.33. The predicted molar refractivity (Wildman–Crippen MR) is 43.8 cm³/mol. The monoisotopic (exact) mass is 142 g/mol. The maximum Gasteiger partial charge on any atom is -0.00462 e. The standard InChI is InChI=1S/C8H18N2/c1-7(6-9)8-2-4-10-5-3-8/h7-8,10H,2-6,9H2,1H3. The van der Waals surface area contributed by atoms with Gasteiger partial charge in [0.2, 0.25) is 0 Å². The van der Waals surface area contributed by atoms with Crippen molar-refractivity contribution < 1.29 is 0 Å². The first kappa shape index (κ1) is 8.02. The van der Waals surface area contributed by atoms with E-state index in [9.17, 15) is 0 Å². The summed E-state index contributed by atoms with van der Waals surface area (Å²) in [6.45, 7) is 5.49. The summed E-state index contributed by atoms with van der Waals surface area (Å²) >= 11 is 0. The average molecular weight is 142 g/mol. The highest BCUT2D eigenvalue weighted by atomic mass is 14.9. The van der Waals surface area contributed by atoms with Gasteiger partial charge in [-0.3, -0.25) is 0 Å². The summed E-state index contributed by atoms with van der Waals surface area (Å²) in [4.78, 5) is 0. The molecule has 0 bridgehead atoms. The van der Waals surface area contributed by atoms with Crippen molar-refractivity contribution >= 4 is 0 Å². The number of hydrogen-bond donors (Lipinski definition) is 2. The third-order valence-electron chi connectivity index (χ3n) is 2.56. The fourth-order valence-electron chi connectivity index (χ4n) is 1.61. The molecular weight excluding hydrogens is 124 g/mol. The van der Waals surface area contributed by atoms with Crippen LogP contribution in [-0.2, 0) is 0 Å². The largest absolute Gasteiger partial charge is 0.330 e. The van der Waals surface area contributed by atoms with Gasteiger partial charge in [-0.05, 0) is 44.3 Å². The van der Waals surface area contributed by atoms with E-state index in [-0.39, 0.29) is 0 Å². The van der Waals surface area contributed by atoms with Crippen LogP contribution in [0.25, 0.3) is 0 Å². The Morgan fingerprint density at radius 2 is 2.10 bits per heavy atom. The van der Waals surface area contributed by atoms with Crippen LogP contribution in [0.15, 0.2) is 0 Å². The topological polar surface area (TPSA) is 38.0 Å². The van der Waals surface area contributed by atoms with Gasteiger partial charge in [-0.2, -0.15) is 0 Å². The van der Waals surface area contributed by atoms with Crippen molar-refractivity contribution in [3.63, 3.8) is 0 Å². The Bertz CT molecular complexity index is 87.3. The molecule has 0 amide bonds. The summed E-state index contributed by atoms with van der Waals surface area (Å²) in [6.07, 6.45) is 2.64. The van der Waals surface area contributed by atoms with E-state index < -0.39 is 0 Å². The van der Waals surface area contributed by atoms with Crippen molar-refractivity contribution in [2.75, 3.05) is 19.6 Å². The smallest absolute Gasteiger partial charge is 0.00462 e. The molecule has 1 aliphatic rings. The Hall–Kier alpha value is -0.0800. The van der Waals surface area contributed by atoms with Crippen molar-refractivity contribution in [2.24, 2.45) is 17.6 Å². The van der Waals surface area contributed by atoms with Crippen LogP contribution in [0, 0.1) is 11.8 Å². The Morgan fingerprint density at radius 1 is 1.50 bits per heavy atom. The van der Waals surface area contributed by atoms with Gasteiger partial charge in [0.25, 0.3) is 0 Å². The van der Waals surface area contributed by atoms with Crippen LogP contribution in [0.1, 0.15) is 19.8 Å². The van der Waals surface area contributed by atoms with Crippen molar-refractivity contribution in [3.8, 4) is 0 Å². The third-order valence-corrected chi connectivity index (χ3v) is 2.56. The highest BCUT2D eigenvalue weighted by Gasteiger charge is 2.17. The molecule has 0 aromatic carbocycles. The molecular formula is C8H18N2. The van der Waals surface area contributed by atoms with Gasteiger partial charge in [0, 0.05) is 0 Å². The summed E-state index contributed by atoms with van der Waals surface area (Å²) in [7, 11) is 0. The van der Waals surface area contributed by atoms with Gasteiger partial charge in [-0.15, -0.1) is 0 Å². The molecule has 2 heteroatoms. The molecule has 10 heavy (non-hydrogen) atoms. The minimum Gasteiger partial charge on any atom is -0.330 e. The van der Waals surface area contributed by atoms with Gasteiger partial charge in [-0.25, -0.2) is 0 Å². The predicted octanol–water partition coefficient (Wildman–Crippen LogP) is 0.581. The molecule has 0 radical (unpaired) electrons. The molecule has 1 heterocycles. The average Bonchev–Trinajstić information content (AvgIpc) is 2.05. The Balaban J connectivity index is 2.24. The van der Waals surface area contributed by atoms with Crippen molar-refractivity contribution in [1.29, 1.82) is 0 Å². The maximum atomic E-state index is 5.58. The van der Waals surface area contributed by atoms with Crippen LogP contribution in [-0.4, -0.2) is 19.6 Å². The van der Waals surface area contributed by atoms with Gasteiger partial charge in [0.05, 0.1) is 0 Å². The molecule has 0 aromatic heterocycles. The number of nitrogens with two attached hydrogens (primary N) is 1. The molecule has 1 aliphatic heterocycles. The molecule has 1 fully saturated rings. The molecule has 1 saturated heterocycles. The zero-order chi connectivity index (χ0) is 7.40. The molecule has 1 unspecified atom stereocenters. The second-order valence-corrected chi connectivity index (χ2v) is 3.30. The van der Waals surface area contributed by atoms with E-state index in [0.29, 0.717) is 0 Å². The molecule has 0 saturated carbocycles. The SMILES string of the molecule is CC(CN)C1CCNCC1. The van der Waals surface area contributed by atoms with Crippen LogP contribution in [0.2, 0.25) is 0 Å². The van der Waals surface area contributed by atoms with Crippen molar-refractivity contribution in [1.82, 2.24) is 5.32 Å². The Labute approximate surface area is 63.2 Å². The van der Waals surface area contributed by atoms with E-state index in [1.54, 1.807) is 0 Å². The number of nitrogens with one attached hydrogen (secondary N) is 1. The quantitative estimate of drug-likeness (QED) is 0.592. The summed E-state index contributed by atoms with van der Waals surface area (Å²) in [5, 5.41) is 3.35. The molecule has 3 N–H and O–H groups in total. The van der Waals surface area contributed by atoms with Crippen LogP contribution in [0.3, 0.4) is 0 Å². The minimum absolute atomic E-state index is 0.724. The highest BCUT2D eigenvalue weighted by Crippen LogP contribution is 2.19. The third kappa shape index (κ3) is 1.96. The first-order valence-electron chi connectivity index (χ1n) is 4.25. The van der Waals surface area contributed by atoms with E-state index in [1.807, 2.05) is 0 Å². The summed E-state index contributed by atoms with van der Waals surface area (Å²) in [5.41, 5.74) is 5.58. The summed E-state index contributed by atoms with van der Waals surface area (Å²) in [5.74, 6) is 1.60. The van der Waals surface area contributed by atoms with Gasteiger partial charge >= 0.3 is 0 Å². The molecule has 2 nitrogen and oxygen atoms in total. The van der Waals surface area contributed by atoms with Crippen LogP contribution >= 0.6 is 0 Å². The van der Waals surface area contributed by atoms with Crippen molar-refractivity contribution in [3.05, 3.63) is 0 Å². The summed E-state index contributed by atoms with van der Waals surface area (Å²) < 4.78 is 0. The van der Waals surface area contributed by atoms with Gasteiger partial charge in [0.15, 0.2) is 0 Å². The Kier molecular flexibility index (Phi) is 3.16. The second kappa shape index (κ2) is 3.94. The van der Waals surface area contributed by atoms with E-state index in [0.717, 1.165) is 18.4 Å².